The Hall–Kier alpha value is -1.79. The largest absolute Gasteiger partial charge is 0.353 e. The summed E-state index contributed by atoms with van der Waals surface area (Å²) in [6, 6.07) is 4.12. The third-order valence-corrected chi connectivity index (χ3v) is 5.70. The summed E-state index contributed by atoms with van der Waals surface area (Å²) in [4.78, 5) is 25.5. The topological polar surface area (TPSA) is 49.3 Å². The number of aryl methyl sites for hydroxylation is 2. The molecule has 27 heavy (non-hydrogen) atoms. The number of aromatic nitrogens is 2. The van der Waals surface area contributed by atoms with Gasteiger partial charge in [0.25, 0.3) is 0 Å². The molecule has 144 valence electrons. The van der Waals surface area contributed by atoms with Gasteiger partial charge in [0, 0.05) is 56.3 Å². The predicted octanol–water partition coefficient (Wildman–Crippen LogP) is 3.82. The van der Waals surface area contributed by atoms with Gasteiger partial charge in [-0.25, -0.2) is 4.98 Å². The van der Waals surface area contributed by atoms with Crippen LogP contribution in [-0.2, 0) is 4.79 Å². The summed E-state index contributed by atoms with van der Waals surface area (Å²) in [5, 5.41) is 0.601. The highest BCUT2D eigenvalue weighted by atomic mass is 35.5. The fourth-order valence-electron chi connectivity index (χ4n) is 3.31. The maximum Gasteiger partial charge on any atom is 0.223 e. The van der Waals surface area contributed by atoms with E-state index in [1.54, 1.807) is 18.0 Å². The molecule has 1 saturated heterocycles. The normalized spacial score (nSPS) is 14.5. The van der Waals surface area contributed by atoms with E-state index in [0.717, 1.165) is 60.1 Å². The van der Waals surface area contributed by atoms with Gasteiger partial charge in [-0.05, 0) is 37.3 Å². The second-order valence-corrected chi connectivity index (χ2v) is 8.20. The van der Waals surface area contributed by atoms with E-state index < -0.39 is 0 Å². The lowest BCUT2D eigenvalue weighted by Crippen LogP contribution is -2.49. The van der Waals surface area contributed by atoms with Crippen LogP contribution in [-0.4, -0.2) is 59.0 Å². The van der Waals surface area contributed by atoms with Crippen LogP contribution in [0.1, 0.15) is 17.5 Å². The molecule has 0 saturated carbocycles. The van der Waals surface area contributed by atoms with Crippen LogP contribution in [0.15, 0.2) is 24.5 Å². The van der Waals surface area contributed by atoms with Crippen molar-refractivity contribution in [3.05, 3.63) is 40.7 Å². The molecule has 5 nitrogen and oxygen atoms in total. The standard InChI is InChI=1S/C20H25ClN4OS/c1-14-10-15(2)20(23-12-14)16-11-18(22-13-17(16)21)24-5-7-25(8-6-24)19(26)4-9-27-3/h10-13H,4-9H2,1-3H3. The van der Waals surface area contributed by atoms with Crippen molar-refractivity contribution < 1.29 is 4.79 Å². The van der Waals surface area contributed by atoms with Gasteiger partial charge < -0.3 is 9.80 Å². The molecule has 0 radical (unpaired) electrons. The summed E-state index contributed by atoms with van der Waals surface area (Å²) in [7, 11) is 0. The van der Waals surface area contributed by atoms with Crippen LogP contribution in [0, 0.1) is 13.8 Å². The van der Waals surface area contributed by atoms with E-state index in [1.165, 1.54) is 0 Å². The number of halogens is 1. The van der Waals surface area contributed by atoms with Gasteiger partial charge in [-0.1, -0.05) is 17.7 Å². The Morgan fingerprint density at radius 2 is 1.89 bits per heavy atom. The summed E-state index contributed by atoms with van der Waals surface area (Å²) in [5.41, 5.74) is 4.01. The summed E-state index contributed by atoms with van der Waals surface area (Å²) in [5.74, 6) is 2.00. The van der Waals surface area contributed by atoms with Crippen LogP contribution < -0.4 is 4.90 Å². The average molecular weight is 405 g/mol. The van der Waals surface area contributed by atoms with Crippen molar-refractivity contribution in [1.82, 2.24) is 14.9 Å². The van der Waals surface area contributed by atoms with Gasteiger partial charge in [0.1, 0.15) is 5.82 Å². The molecule has 3 heterocycles. The first-order valence-electron chi connectivity index (χ1n) is 9.10. The maximum absolute atomic E-state index is 12.2. The molecule has 7 heteroatoms. The third kappa shape index (κ3) is 4.74. The van der Waals surface area contributed by atoms with Gasteiger partial charge in [0.2, 0.25) is 5.91 Å². The van der Waals surface area contributed by atoms with E-state index in [4.69, 9.17) is 11.6 Å². The van der Waals surface area contributed by atoms with E-state index in [2.05, 4.69) is 20.9 Å². The summed E-state index contributed by atoms with van der Waals surface area (Å²) in [6.07, 6.45) is 6.20. The number of thioether (sulfide) groups is 1. The molecule has 0 spiro atoms. The molecule has 0 atom stereocenters. The zero-order valence-corrected chi connectivity index (χ0v) is 17.6. The molecule has 2 aromatic heterocycles. The van der Waals surface area contributed by atoms with Crippen molar-refractivity contribution in [3.8, 4) is 11.3 Å². The molecule has 1 amide bonds. The van der Waals surface area contributed by atoms with Gasteiger partial charge in [-0.3, -0.25) is 9.78 Å². The number of hydrogen-bond donors (Lipinski definition) is 0. The van der Waals surface area contributed by atoms with E-state index in [1.807, 2.05) is 37.3 Å². The summed E-state index contributed by atoms with van der Waals surface area (Å²) >= 11 is 8.13. The first-order chi connectivity index (χ1) is 13.0. The quantitative estimate of drug-likeness (QED) is 0.758. The molecule has 0 aromatic carbocycles. The highest BCUT2D eigenvalue weighted by Gasteiger charge is 2.22. The SMILES string of the molecule is CSCCC(=O)N1CCN(c2cc(-c3ncc(C)cc3C)c(Cl)cn2)CC1. The number of pyridine rings is 2. The highest BCUT2D eigenvalue weighted by Crippen LogP contribution is 2.31. The van der Waals surface area contributed by atoms with E-state index >= 15 is 0 Å². The third-order valence-electron chi connectivity index (χ3n) is 4.79. The van der Waals surface area contributed by atoms with Crippen molar-refractivity contribution in [3.63, 3.8) is 0 Å². The smallest absolute Gasteiger partial charge is 0.223 e. The molecule has 2 aromatic rings. The predicted molar refractivity (Wildman–Crippen MR) is 114 cm³/mol. The second-order valence-electron chi connectivity index (χ2n) is 6.81. The van der Waals surface area contributed by atoms with Gasteiger partial charge >= 0.3 is 0 Å². The number of carbonyl (C=O) groups excluding carboxylic acids is 1. The lowest BCUT2D eigenvalue weighted by atomic mass is 10.1. The minimum absolute atomic E-state index is 0.244. The first-order valence-corrected chi connectivity index (χ1v) is 10.9. The van der Waals surface area contributed by atoms with Crippen molar-refractivity contribution in [2.75, 3.05) is 43.1 Å². The lowest BCUT2D eigenvalue weighted by Gasteiger charge is -2.35. The van der Waals surface area contributed by atoms with E-state index in [9.17, 15) is 4.79 Å². The average Bonchev–Trinajstić information content (AvgIpc) is 2.67. The Morgan fingerprint density at radius 3 is 2.56 bits per heavy atom. The van der Waals surface area contributed by atoms with E-state index in [-0.39, 0.29) is 5.91 Å². The van der Waals surface area contributed by atoms with Crippen LogP contribution in [0.25, 0.3) is 11.3 Å². The first kappa shape index (κ1) is 20.0. The second kappa shape index (κ2) is 8.93. The molecule has 0 bridgehead atoms. The van der Waals surface area contributed by atoms with Gasteiger partial charge in [0.05, 0.1) is 10.7 Å². The van der Waals surface area contributed by atoms with Crippen LogP contribution in [0.2, 0.25) is 5.02 Å². The van der Waals surface area contributed by atoms with Crippen LogP contribution >= 0.6 is 23.4 Å². The molecule has 0 N–H and O–H groups in total. The van der Waals surface area contributed by atoms with Crippen molar-refractivity contribution in [2.45, 2.75) is 20.3 Å². The maximum atomic E-state index is 12.2. The molecular formula is C20H25ClN4OS. The molecule has 3 rings (SSSR count). The van der Waals surface area contributed by atoms with Crippen molar-refractivity contribution >= 4 is 35.1 Å². The number of carbonyl (C=O) groups is 1. The number of rotatable bonds is 5. The molecule has 0 aliphatic carbocycles. The van der Waals surface area contributed by atoms with E-state index in [0.29, 0.717) is 11.4 Å². The number of amides is 1. The van der Waals surface area contributed by atoms with Crippen LogP contribution in [0.3, 0.4) is 0 Å². The molecule has 1 fully saturated rings. The number of piperazine rings is 1. The molecular weight excluding hydrogens is 380 g/mol. The fraction of sp³-hybridized carbons (Fsp3) is 0.450. The van der Waals surface area contributed by atoms with Crippen LogP contribution in [0.5, 0.6) is 0 Å². The number of anilines is 1. The van der Waals surface area contributed by atoms with Crippen molar-refractivity contribution in [1.29, 1.82) is 0 Å². The van der Waals surface area contributed by atoms with Crippen LogP contribution in [0.4, 0.5) is 5.82 Å². The molecule has 1 aliphatic rings. The molecule has 1 aliphatic heterocycles. The Kier molecular flexibility index (Phi) is 6.60. The highest BCUT2D eigenvalue weighted by molar-refractivity contribution is 7.98. The Bertz CT molecular complexity index is 822. The zero-order chi connectivity index (χ0) is 19.4. The Morgan fingerprint density at radius 1 is 1.15 bits per heavy atom. The molecule has 0 unspecified atom stereocenters. The number of nitrogens with zero attached hydrogens (tertiary/aromatic N) is 4. The summed E-state index contributed by atoms with van der Waals surface area (Å²) < 4.78 is 0. The lowest BCUT2D eigenvalue weighted by molar-refractivity contribution is -0.131. The zero-order valence-electron chi connectivity index (χ0n) is 16.0. The fourth-order valence-corrected chi connectivity index (χ4v) is 3.88. The van der Waals surface area contributed by atoms with Gasteiger partial charge in [-0.15, -0.1) is 0 Å². The number of hydrogen-bond acceptors (Lipinski definition) is 5. The van der Waals surface area contributed by atoms with Gasteiger partial charge in [-0.2, -0.15) is 11.8 Å². The van der Waals surface area contributed by atoms with Gasteiger partial charge in [0.15, 0.2) is 0 Å². The minimum atomic E-state index is 0.244. The Labute approximate surface area is 170 Å². The van der Waals surface area contributed by atoms with Crippen molar-refractivity contribution in [2.24, 2.45) is 0 Å². The Balaban J connectivity index is 1.74. The monoisotopic (exact) mass is 404 g/mol. The summed E-state index contributed by atoms with van der Waals surface area (Å²) in [6.45, 7) is 7.09. The minimum Gasteiger partial charge on any atom is -0.353 e.